The second-order valence-electron chi connectivity index (χ2n) is 12.4. The third-order valence-electron chi connectivity index (χ3n) is 8.65. The number of Topliss-reactive ketones (excluding diaryl/α,β-unsaturated/α-hetero) is 1. The van der Waals surface area contributed by atoms with E-state index < -0.39 is 18.1 Å². The van der Waals surface area contributed by atoms with Gasteiger partial charge in [0.15, 0.2) is 17.3 Å². The van der Waals surface area contributed by atoms with Crippen molar-refractivity contribution in [3.05, 3.63) is 65.7 Å². The number of ketones is 1. The average molecular weight is 608 g/mol. The fraction of sp³-hybridized carbons (Fsp3) is 0.528. The van der Waals surface area contributed by atoms with Crippen molar-refractivity contribution in [3.63, 3.8) is 0 Å². The number of benzene rings is 2. The van der Waals surface area contributed by atoms with E-state index in [2.05, 4.69) is 6.58 Å². The zero-order chi connectivity index (χ0) is 32.4. The van der Waals surface area contributed by atoms with E-state index in [9.17, 15) is 14.4 Å². The molecule has 44 heavy (non-hydrogen) atoms. The lowest BCUT2D eigenvalue weighted by Gasteiger charge is -2.37. The van der Waals surface area contributed by atoms with E-state index in [1.54, 1.807) is 25.2 Å². The molecule has 0 spiro atoms. The number of likely N-dealkylation sites (tertiary alicyclic amines) is 1. The Morgan fingerprint density at radius 3 is 2.41 bits per heavy atom. The number of carbonyl (C=O) groups excluding carboxylic acids is 3. The Kier molecular flexibility index (Phi) is 12.4. The summed E-state index contributed by atoms with van der Waals surface area (Å²) in [7, 11) is 3.18. The van der Waals surface area contributed by atoms with Gasteiger partial charge in [0.2, 0.25) is 5.91 Å². The number of ether oxygens (including phenoxy) is 4. The van der Waals surface area contributed by atoms with Crippen LogP contribution in [0.5, 0.6) is 17.2 Å². The van der Waals surface area contributed by atoms with E-state index in [0.717, 1.165) is 30.4 Å². The number of hydrogen-bond donors (Lipinski definition) is 0. The molecule has 1 saturated heterocycles. The van der Waals surface area contributed by atoms with Crippen molar-refractivity contribution in [1.29, 1.82) is 0 Å². The van der Waals surface area contributed by atoms with E-state index in [1.165, 1.54) is 0 Å². The van der Waals surface area contributed by atoms with Gasteiger partial charge in [-0.25, -0.2) is 4.79 Å². The summed E-state index contributed by atoms with van der Waals surface area (Å²) in [5.41, 5.74) is 1.87. The molecule has 0 aliphatic carbocycles. The van der Waals surface area contributed by atoms with Gasteiger partial charge in [0.25, 0.3) is 0 Å². The zero-order valence-electron chi connectivity index (χ0n) is 27.4. The SMILES string of the molecule is C=C(C(=O)N1CCCCC1C(=O)OC(CCc1ccc(OC)c(OC)c1)c1cccc(OCC(=O)C(C)C)c1)C(C)(C)CC. The lowest BCUT2D eigenvalue weighted by atomic mass is 9.81. The Labute approximate surface area is 262 Å². The maximum absolute atomic E-state index is 13.9. The van der Waals surface area contributed by atoms with Crippen LogP contribution >= 0.6 is 0 Å². The molecule has 240 valence electrons. The lowest BCUT2D eigenvalue weighted by molar-refractivity contribution is -0.161. The predicted molar refractivity (Wildman–Crippen MR) is 171 cm³/mol. The summed E-state index contributed by atoms with van der Waals surface area (Å²) in [5, 5.41) is 0. The summed E-state index contributed by atoms with van der Waals surface area (Å²) in [5.74, 6) is 1.03. The number of esters is 1. The molecule has 1 fully saturated rings. The fourth-order valence-electron chi connectivity index (χ4n) is 5.07. The Morgan fingerprint density at radius 1 is 1.02 bits per heavy atom. The van der Waals surface area contributed by atoms with E-state index in [-0.39, 0.29) is 29.6 Å². The van der Waals surface area contributed by atoms with Crippen LogP contribution in [0.15, 0.2) is 54.6 Å². The Morgan fingerprint density at radius 2 is 1.75 bits per heavy atom. The predicted octanol–water partition coefficient (Wildman–Crippen LogP) is 6.90. The number of hydrogen-bond acceptors (Lipinski definition) is 7. The van der Waals surface area contributed by atoms with Crippen molar-refractivity contribution in [3.8, 4) is 17.2 Å². The van der Waals surface area contributed by atoms with Gasteiger partial charge in [-0.1, -0.05) is 59.4 Å². The third-order valence-corrected chi connectivity index (χ3v) is 8.65. The second-order valence-corrected chi connectivity index (χ2v) is 12.4. The van der Waals surface area contributed by atoms with E-state index in [4.69, 9.17) is 18.9 Å². The first-order valence-electron chi connectivity index (χ1n) is 15.6. The molecule has 2 atom stereocenters. The first-order chi connectivity index (χ1) is 20.9. The van der Waals surface area contributed by atoms with Crippen LogP contribution in [0.2, 0.25) is 0 Å². The molecule has 0 radical (unpaired) electrons. The minimum atomic E-state index is -0.688. The van der Waals surface area contributed by atoms with Gasteiger partial charge in [0.05, 0.1) is 14.2 Å². The van der Waals surface area contributed by atoms with Crippen molar-refractivity contribution >= 4 is 17.7 Å². The minimum Gasteiger partial charge on any atom is -0.493 e. The van der Waals surface area contributed by atoms with Crippen LogP contribution in [0.1, 0.15) is 84.0 Å². The highest BCUT2D eigenvalue weighted by molar-refractivity contribution is 5.96. The molecule has 0 bridgehead atoms. The summed E-state index contributed by atoms with van der Waals surface area (Å²) in [6, 6.07) is 12.4. The Hall–Kier alpha value is -3.81. The van der Waals surface area contributed by atoms with Crippen LogP contribution in [0.4, 0.5) is 0 Å². The molecule has 1 heterocycles. The van der Waals surface area contributed by atoms with Crippen LogP contribution in [0.25, 0.3) is 0 Å². The smallest absolute Gasteiger partial charge is 0.329 e. The van der Waals surface area contributed by atoms with Gasteiger partial charge in [0, 0.05) is 18.0 Å². The number of piperidine rings is 1. The average Bonchev–Trinajstić information content (AvgIpc) is 3.04. The highest BCUT2D eigenvalue weighted by Gasteiger charge is 2.38. The third kappa shape index (κ3) is 8.87. The number of nitrogens with zero attached hydrogens (tertiary/aromatic N) is 1. The number of amides is 1. The molecule has 3 rings (SSSR count). The lowest BCUT2D eigenvalue weighted by Crippen LogP contribution is -2.50. The largest absolute Gasteiger partial charge is 0.493 e. The summed E-state index contributed by atoms with van der Waals surface area (Å²) in [4.78, 5) is 41.2. The maximum atomic E-state index is 13.9. The van der Waals surface area contributed by atoms with Crippen molar-refractivity contribution in [2.24, 2.45) is 11.3 Å². The Balaban J connectivity index is 1.87. The fourth-order valence-corrected chi connectivity index (χ4v) is 5.07. The molecular weight excluding hydrogens is 558 g/mol. The highest BCUT2D eigenvalue weighted by atomic mass is 16.5. The molecule has 2 aromatic carbocycles. The van der Waals surface area contributed by atoms with Crippen molar-refractivity contribution < 1.29 is 33.3 Å². The number of aryl methyl sites for hydroxylation is 1. The van der Waals surface area contributed by atoms with Gasteiger partial charge >= 0.3 is 5.97 Å². The first-order valence-corrected chi connectivity index (χ1v) is 15.6. The normalized spacial score (nSPS) is 15.8. The van der Waals surface area contributed by atoms with Crippen molar-refractivity contribution in [1.82, 2.24) is 4.90 Å². The standard InChI is InChI=1S/C36H49NO7/c1-9-36(5,6)25(4)34(39)37-20-11-10-15-29(37)35(40)44-31(18-16-26-17-19-32(41-7)33(21-26)42-8)27-13-12-14-28(22-27)43-23-30(38)24(2)3/h12-14,17,19,21-22,24,29,31H,4,9-11,15-16,18,20,23H2,1-3,5-8H3. The summed E-state index contributed by atoms with van der Waals surface area (Å²) < 4.78 is 22.9. The molecule has 1 aliphatic heterocycles. The molecule has 0 saturated carbocycles. The van der Waals surface area contributed by atoms with Crippen LogP contribution in [0.3, 0.4) is 0 Å². The molecule has 2 aromatic rings. The zero-order valence-corrected chi connectivity index (χ0v) is 27.4. The molecule has 0 N–H and O–H groups in total. The number of methoxy groups -OCH3 is 2. The van der Waals surface area contributed by atoms with Gasteiger partial charge in [-0.3, -0.25) is 9.59 Å². The van der Waals surface area contributed by atoms with Gasteiger partial charge in [-0.05, 0) is 79.3 Å². The minimum absolute atomic E-state index is 0.00160. The number of carbonyl (C=O) groups is 3. The van der Waals surface area contributed by atoms with Crippen LogP contribution in [-0.2, 0) is 25.5 Å². The van der Waals surface area contributed by atoms with E-state index in [1.807, 2.05) is 71.0 Å². The van der Waals surface area contributed by atoms with Crippen LogP contribution in [-0.4, -0.2) is 56.0 Å². The van der Waals surface area contributed by atoms with Crippen LogP contribution < -0.4 is 14.2 Å². The molecule has 0 aromatic heterocycles. The van der Waals surface area contributed by atoms with E-state index in [0.29, 0.717) is 48.6 Å². The van der Waals surface area contributed by atoms with Gasteiger partial charge in [-0.15, -0.1) is 0 Å². The highest BCUT2D eigenvalue weighted by Crippen LogP contribution is 2.34. The summed E-state index contributed by atoms with van der Waals surface area (Å²) in [6.45, 7) is 14.3. The molecule has 1 aliphatic rings. The monoisotopic (exact) mass is 607 g/mol. The first kappa shape index (κ1) is 34.7. The van der Waals surface area contributed by atoms with Gasteiger partial charge in [-0.2, -0.15) is 0 Å². The second kappa shape index (κ2) is 15.8. The van der Waals surface area contributed by atoms with Gasteiger partial charge in [0.1, 0.15) is 24.5 Å². The molecule has 8 heteroatoms. The topological polar surface area (TPSA) is 91.4 Å². The van der Waals surface area contributed by atoms with Crippen LogP contribution in [0, 0.1) is 11.3 Å². The molecular formula is C36H49NO7. The number of rotatable bonds is 15. The summed E-state index contributed by atoms with van der Waals surface area (Å²) in [6.07, 6.45) is 3.40. The quantitative estimate of drug-likeness (QED) is 0.161. The summed E-state index contributed by atoms with van der Waals surface area (Å²) >= 11 is 0. The maximum Gasteiger partial charge on any atom is 0.329 e. The molecule has 1 amide bonds. The Bertz CT molecular complexity index is 1320. The molecule has 2 unspecified atom stereocenters. The van der Waals surface area contributed by atoms with E-state index >= 15 is 0 Å². The van der Waals surface area contributed by atoms with Crippen molar-refractivity contribution in [2.45, 2.75) is 85.3 Å². The van der Waals surface area contributed by atoms with Crippen molar-refractivity contribution in [2.75, 3.05) is 27.4 Å². The molecule has 8 nitrogen and oxygen atoms in total. The van der Waals surface area contributed by atoms with Gasteiger partial charge < -0.3 is 23.8 Å².